The molecule has 0 bridgehead atoms. The summed E-state index contributed by atoms with van der Waals surface area (Å²) >= 11 is 0. The minimum Gasteiger partial charge on any atom is -0.323 e. The highest BCUT2D eigenvalue weighted by Crippen LogP contribution is 2.37. The smallest absolute Gasteiger partial charge is 0.323 e. The van der Waals surface area contributed by atoms with Gasteiger partial charge >= 0.3 is 18.4 Å². The van der Waals surface area contributed by atoms with E-state index in [1.165, 1.54) is 17.0 Å². The van der Waals surface area contributed by atoms with Crippen molar-refractivity contribution >= 4 is 6.03 Å². The number of carbonyl (C=O) groups excluding carboxylic acids is 1. The molecule has 0 spiro atoms. The monoisotopic (exact) mass is 491 g/mol. The van der Waals surface area contributed by atoms with Gasteiger partial charge in [-0.3, -0.25) is 0 Å². The fourth-order valence-corrected chi connectivity index (χ4v) is 4.19. The van der Waals surface area contributed by atoms with E-state index in [-0.39, 0.29) is 17.7 Å². The van der Waals surface area contributed by atoms with Crippen LogP contribution in [0.15, 0.2) is 36.4 Å². The number of carbonyl (C=O) groups is 1. The summed E-state index contributed by atoms with van der Waals surface area (Å²) in [6, 6.07) is 4.53. The third kappa shape index (κ3) is 6.19. The molecule has 11 heteroatoms. The lowest BCUT2D eigenvalue weighted by molar-refractivity contribution is -0.143. The second-order valence-corrected chi connectivity index (χ2v) is 8.38. The van der Waals surface area contributed by atoms with Crippen LogP contribution in [0, 0.1) is 12.7 Å². The van der Waals surface area contributed by atoms with Gasteiger partial charge in [-0.25, -0.2) is 9.18 Å². The van der Waals surface area contributed by atoms with Crippen LogP contribution in [0.1, 0.15) is 53.1 Å². The minimum atomic E-state index is -4.97. The Kier molecular flexibility index (Phi) is 7.44. The first kappa shape index (κ1) is 25.8. The Morgan fingerprint density at radius 1 is 1.06 bits per heavy atom. The van der Waals surface area contributed by atoms with Gasteiger partial charge in [-0.15, -0.1) is 0 Å². The van der Waals surface area contributed by atoms with Crippen molar-refractivity contribution in [1.82, 2.24) is 10.2 Å². The summed E-state index contributed by atoms with van der Waals surface area (Å²) in [6.07, 6.45) is -9.45. The van der Waals surface area contributed by atoms with Crippen molar-refractivity contribution in [2.24, 2.45) is 5.73 Å². The Hall–Kier alpha value is -2.82. The topological polar surface area (TPSA) is 58.4 Å². The number of nitrogens with zero attached hydrogens (tertiary/aromatic N) is 1. The van der Waals surface area contributed by atoms with Crippen molar-refractivity contribution in [3.05, 3.63) is 70.0 Å². The lowest BCUT2D eigenvalue weighted by Crippen LogP contribution is -2.51. The van der Waals surface area contributed by atoms with Crippen LogP contribution in [0.3, 0.4) is 0 Å². The number of rotatable bonds is 4. The van der Waals surface area contributed by atoms with E-state index in [2.05, 4.69) is 5.32 Å². The molecule has 186 valence electrons. The van der Waals surface area contributed by atoms with Crippen molar-refractivity contribution in [3.8, 4) is 0 Å². The van der Waals surface area contributed by atoms with Crippen LogP contribution in [0.25, 0.3) is 0 Å². The van der Waals surface area contributed by atoms with Crippen LogP contribution >= 0.6 is 0 Å². The molecule has 2 amide bonds. The summed E-state index contributed by atoms with van der Waals surface area (Å²) < 4.78 is 92.0. The molecule has 2 aromatic rings. The number of amides is 2. The highest BCUT2D eigenvalue weighted by atomic mass is 19.4. The zero-order valence-electron chi connectivity index (χ0n) is 18.2. The van der Waals surface area contributed by atoms with Gasteiger partial charge in [-0.1, -0.05) is 6.07 Å². The highest BCUT2D eigenvalue weighted by molar-refractivity contribution is 5.75. The van der Waals surface area contributed by atoms with Crippen LogP contribution in [0.2, 0.25) is 0 Å². The quantitative estimate of drug-likeness (QED) is 0.411. The predicted molar refractivity (Wildman–Crippen MR) is 111 cm³/mol. The lowest BCUT2D eigenvalue weighted by Gasteiger charge is -2.37. The number of hydrogen-bond acceptors (Lipinski definition) is 2. The summed E-state index contributed by atoms with van der Waals surface area (Å²) in [7, 11) is 0. The largest absolute Gasteiger partial charge is 0.416 e. The number of urea groups is 1. The molecule has 2 unspecified atom stereocenters. The van der Waals surface area contributed by atoms with Crippen molar-refractivity contribution in [2.75, 3.05) is 6.54 Å². The van der Waals surface area contributed by atoms with E-state index in [1.807, 2.05) is 0 Å². The number of hydrogen-bond donors (Lipinski definition) is 2. The summed E-state index contributed by atoms with van der Waals surface area (Å²) in [6.45, 7) is 2.10. The molecule has 3 rings (SSSR count). The van der Waals surface area contributed by atoms with Crippen molar-refractivity contribution in [3.63, 3.8) is 0 Å². The molecule has 3 N–H and O–H groups in total. The lowest BCUT2D eigenvalue weighted by atomic mass is 9.92. The van der Waals surface area contributed by atoms with E-state index in [1.54, 1.807) is 13.0 Å². The maximum absolute atomic E-state index is 13.5. The number of nitrogens with one attached hydrogen (secondary N) is 1. The third-order valence-corrected chi connectivity index (χ3v) is 5.77. The number of nitrogens with two attached hydrogens (primary N) is 1. The molecule has 0 aliphatic carbocycles. The van der Waals surface area contributed by atoms with Gasteiger partial charge in [0.1, 0.15) is 5.82 Å². The molecule has 2 atom stereocenters. The van der Waals surface area contributed by atoms with Gasteiger partial charge in [0.25, 0.3) is 0 Å². The number of likely N-dealkylation sites (tertiary alicyclic amines) is 1. The molecule has 0 aromatic heterocycles. The maximum Gasteiger partial charge on any atom is 0.416 e. The van der Waals surface area contributed by atoms with Gasteiger partial charge in [-0.2, -0.15) is 26.3 Å². The van der Waals surface area contributed by atoms with Gasteiger partial charge < -0.3 is 16.0 Å². The fraction of sp³-hybridized carbons (Fsp3) is 0.435. The van der Waals surface area contributed by atoms with Crippen molar-refractivity contribution in [2.45, 2.75) is 57.2 Å². The molecule has 1 aliphatic rings. The average Bonchev–Trinajstić information content (AvgIpc) is 2.72. The summed E-state index contributed by atoms with van der Waals surface area (Å²) in [5.74, 6) is -0.408. The second-order valence-electron chi connectivity index (χ2n) is 8.38. The van der Waals surface area contributed by atoms with E-state index in [0.29, 0.717) is 37.1 Å². The Balaban J connectivity index is 1.77. The SMILES string of the molecule is Cc1cc(F)ccc1C1CCCCN1C(=O)NC(N)Cc1cc(C(F)(F)F)cc(C(F)(F)F)c1. The van der Waals surface area contributed by atoms with E-state index in [0.717, 1.165) is 12.0 Å². The number of alkyl halides is 6. The zero-order chi connectivity index (χ0) is 25.3. The van der Waals surface area contributed by atoms with Gasteiger partial charge in [0, 0.05) is 13.0 Å². The first-order valence-corrected chi connectivity index (χ1v) is 10.6. The number of aryl methyl sites for hydroxylation is 1. The molecule has 1 aliphatic heterocycles. The molecule has 34 heavy (non-hydrogen) atoms. The van der Waals surface area contributed by atoms with Gasteiger partial charge in [0.2, 0.25) is 0 Å². The molecule has 1 heterocycles. The number of piperidine rings is 1. The Labute approximate surface area is 191 Å². The van der Waals surface area contributed by atoms with Crippen LogP contribution in [0.4, 0.5) is 35.5 Å². The summed E-state index contributed by atoms with van der Waals surface area (Å²) in [4.78, 5) is 14.4. The van der Waals surface area contributed by atoms with E-state index in [9.17, 15) is 35.5 Å². The summed E-state index contributed by atoms with van der Waals surface area (Å²) in [5.41, 5.74) is 4.12. The summed E-state index contributed by atoms with van der Waals surface area (Å²) in [5, 5.41) is 2.47. The van der Waals surface area contributed by atoms with Crippen LogP contribution < -0.4 is 11.1 Å². The zero-order valence-corrected chi connectivity index (χ0v) is 18.2. The number of halogens is 7. The molecular weight excluding hydrogens is 467 g/mol. The first-order valence-electron chi connectivity index (χ1n) is 10.6. The van der Waals surface area contributed by atoms with Crippen molar-refractivity contribution < 1.29 is 35.5 Å². The van der Waals surface area contributed by atoms with Crippen LogP contribution in [-0.2, 0) is 18.8 Å². The highest BCUT2D eigenvalue weighted by Gasteiger charge is 2.37. The van der Waals surface area contributed by atoms with E-state index >= 15 is 0 Å². The first-order chi connectivity index (χ1) is 15.8. The van der Waals surface area contributed by atoms with Gasteiger partial charge in [0.15, 0.2) is 0 Å². The molecule has 2 aromatic carbocycles. The van der Waals surface area contributed by atoms with E-state index in [4.69, 9.17) is 5.73 Å². The second kappa shape index (κ2) is 9.81. The van der Waals surface area contributed by atoms with Crippen molar-refractivity contribution in [1.29, 1.82) is 0 Å². The normalized spacial score (nSPS) is 18.0. The van der Waals surface area contributed by atoms with Crippen LogP contribution in [-0.4, -0.2) is 23.6 Å². The molecule has 1 fully saturated rings. The minimum absolute atomic E-state index is 0.0387. The third-order valence-electron chi connectivity index (χ3n) is 5.77. The standard InChI is InChI=1S/C23H24F7N3O/c1-13-8-17(24)5-6-18(13)19-4-2-3-7-33(19)21(34)32-20(31)11-14-9-15(22(25,26)27)12-16(10-14)23(28,29)30/h5-6,8-10,12,19-20H,2-4,7,11,31H2,1H3,(H,32,34). The van der Waals surface area contributed by atoms with E-state index < -0.39 is 47.9 Å². The molecule has 0 radical (unpaired) electrons. The predicted octanol–water partition coefficient (Wildman–Crippen LogP) is 5.94. The van der Waals surface area contributed by atoms with Gasteiger partial charge in [-0.05, 0) is 73.2 Å². The molecule has 1 saturated heterocycles. The molecule has 0 saturated carbocycles. The Morgan fingerprint density at radius 2 is 1.68 bits per heavy atom. The van der Waals surface area contributed by atoms with Gasteiger partial charge in [0.05, 0.1) is 23.3 Å². The number of benzene rings is 2. The van der Waals surface area contributed by atoms with Crippen LogP contribution in [0.5, 0.6) is 0 Å². The fourth-order valence-electron chi connectivity index (χ4n) is 4.19. The Morgan fingerprint density at radius 3 is 2.24 bits per heavy atom. The molecular formula is C23H24F7N3O. The average molecular weight is 491 g/mol. The molecule has 4 nitrogen and oxygen atoms in total. The maximum atomic E-state index is 13.5. The Bertz CT molecular complexity index is 1000.